The monoisotopic (exact) mass is 373 g/mol. The highest BCUT2D eigenvalue weighted by Gasteiger charge is 2.28. The Bertz CT molecular complexity index is 472. The summed E-state index contributed by atoms with van der Waals surface area (Å²) in [7, 11) is -3.23. The summed E-state index contributed by atoms with van der Waals surface area (Å²) in [5, 5.41) is 0. The van der Waals surface area contributed by atoms with Crippen LogP contribution in [0.5, 0.6) is 0 Å². The fraction of sp³-hybridized carbons (Fsp3) is 0.143. The van der Waals surface area contributed by atoms with Gasteiger partial charge in [0.25, 0.3) is 0 Å². The van der Waals surface area contributed by atoms with Gasteiger partial charge in [0.2, 0.25) is 10.0 Å². The summed E-state index contributed by atoms with van der Waals surface area (Å²) in [5.41, 5.74) is 0.832. The third-order valence-corrected chi connectivity index (χ3v) is 5.03. The highest BCUT2D eigenvalue weighted by Crippen LogP contribution is 2.30. The topological polar surface area (TPSA) is 46.2 Å². The number of benzene rings is 1. The minimum absolute atomic E-state index is 0.396. The van der Waals surface area contributed by atoms with Crippen LogP contribution in [0.25, 0.3) is 0 Å². The zero-order valence-electron chi connectivity index (χ0n) is 6.34. The summed E-state index contributed by atoms with van der Waals surface area (Å²) in [6, 6.07) is 3.62. The van der Waals surface area contributed by atoms with E-state index in [1.54, 1.807) is 6.07 Å². The van der Waals surface area contributed by atoms with Crippen LogP contribution in [0.2, 0.25) is 0 Å². The lowest BCUT2D eigenvalue weighted by Crippen LogP contribution is -2.14. The van der Waals surface area contributed by atoms with E-state index in [-0.39, 0.29) is 0 Å². The van der Waals surface area contributed by atoms with E-state index in [1.165, 1.54) is 0 Å². The molecule has 0 spiro atoms. The van der Waals surface area contributed by atoms with Gasteiger partial charge in [0, 0.05) is 14.6 Å². The van der Waals surface area contributed by atoms with Gasteiger partial charge in [-0.25, -0.2) is 13.1 Å². The van der Waals surface area contributed by atoms with E-state index in [0.717, 1.165) is 13.6 Å². The van der Waals surface area contributed by atoms with Crippen molar-refractivity contribution in [2.24, 2.45) is 0 Å². The molecule has 1 N–H and O–H groups in total. The van der Waals surface area contributed by atoms with Crippen LogP contribution in [0.4, 0.5) is 0 Å². The molecule has 0 amide bonds. The first-order chi connectivity index (χ1) is 6.00. The highest BCUT2D eigenvalue weighted by molar-refractivity contribution is 14.1. The number of rotatable bonds is 0. The Labute approximate surface area is 98.2 Å². The number of nitrogens with one attached hydrogen (secondary N) is 1. The first-order valence-electron chi connectivity index (χ1n) is 3.48. The van der Waals surface area contributed by atoms with Crippen LogP contribution in [0.1, 0.15) is 5.56 Å². The normalized spacial score (nSPS) is 18.6. The van der Waals surface area contributed by atoms with Crippen LogP contribution in [-0.2, 0) is 16.6 Å². The number of hydrogen-bond donors (Lipinski definition) is 1. The minimum Gasteiger partial charge on any atom is -0.207 e. The summed E-state index contributed by atoms with van der Waals surface area (Å²) in [5.74, 6) is 0. The Morgan fingerprint density at radius 2 is 2.15 bits per heavy atom. The number of hydrogen-bond acceptors (Lipinski definition) is 2. The second-order valence-electron chi connectivity index (χ2n) is 2.70. The van der Waals surface area contributed by atoms with Crippen molar-refractivity contribution < 1.29 is 8.42 Å². The lowest BCUT2D eigenvalue weighted by atomic mass is 10.2. The Balaban J connectivity index is 2.80. The molecule has 0 radical (unpaired) electrons. The molecular formula is C7H5BrINO2S. The first-order valence-corrected chi connectivity index (χ1v) is 6.84. The molecule has 1 aliphatic rings. The van der Waals surface area contributed by atoms with Crippen molar-refractivity contribution in [3.63, 3.8) is 0 Å². The molecule has 70 valence electrons. The summed E-state index contributed by atoms with van der Waals surface area (Å²) in [6.07, 6.45) is 0. The number of halogens is 2. The molecule has 0 atom stereocenters. The molecule has 1 aliphatic heterocycles. The lowest BCUT2D eigenvalue weighted by molar-refractivity contribution is 0.589. The van der Waals surface area contributed by atoms with E-state index < -0.39 is 10.0 Å². The molecule has 2 rings (SSSR count). The van der Waals surface area contributed by atoms with Crippen molar-refractivity contribution >= 4 is 48.5 Å². The van der Waals surface area contributed by atoms with Crippen LogP contribution in [-0.4, -0.2) is 8.42 Å². The van der Waals surface area contributed by atoms with Crippen molar-refractivity contribution in [3.8, 4) is 0 Å². The first kappa shape index (κ1) is 9.88. The molecule has 0 fully saturated rings. The van der Waals surface area contributed by atoms with Crippen LogP contribution >= 0.6 is 38.5 Å². The van der Waals surface area contributed by atoms with E-state index in [2.05, 4.69) is 20.7 Å². The molecule has 0 aliphatic carbocycles. The molecule has 0 saturated carbocycles. The molecule has 1 aromatic carbocycles. The molecule has 1 heterocycles. The van der Waals surface area contributed by atoms with Gasteiger partial charge in [0.15, 0.2) is 0 Å². The van der Waals surface area contributed by atoms with Gasteiger partial charge in [-0.15, -0.1) is 0 Å². The van der Waals surface area contributed by atoms with Gasteiger partial charge in [0.1, 0.15) is 0 Å². The quantitative estimate of drug-likeness (QED) is 0.705. The number of fused-ring (bicyclic) bond motifs is 1. The van der Waals surface area contributed by atoms with Crippen molar-refractivity contribution in [3.05, 3.63) is 25.7 Å². The van der Waals surface area contributed by atoms with E-state index in [4.69, 9.17) is 0 Å². The molecule has 0 bridgehead atoms. The van der Waals surface area contributed by atoms with Gasteiger partial charge in [-0.2, -0.15) is 0 Å². The second-order valence-corrected chi connectivity index (χ2v) is 6.48. The zero-order valence-corrected chi connectivity index (χ0v) is 10.9. The molecule has 6 heteroatoms. The van der Waals surface area contributed by atoms with Crippen molar-refractivity contribution in [1.29, 1.82) is 0 Å². The predicted molar refractivity (Wildman–Crippen MR) is 60.9 cm³/mol. The van der Waals surface area contributed by atoms with Gasteiger partial charge in [-0.3, -0.25) is 0 Å². The molecule has 3 nitrogen and oxygen atoms in total. The Morgan fingerprint density at radius 3 is 2.85 bits per heavy atom. The maximum absolute atomic E-state index is 11.5. The fourth-order valence-electron chi connectivity index (χ4n) is 1.29. The molecule has 13 heavy (non-hydrogen) atoms. The van der Waals surface area contributed by atoms with Crippen LogP contribution < -0.4 is 4.72 Å². The smallest absolute Gasteiger partial charge is 0.207 e. The lowest BCUT2D eigenvalue weighted by Gasteiger charge is -2.00. The third kappa shape index (κ3) is 1.64. The van der Waals surface area contributed by atoms with Crippen molar-refractivity contribution in [1.82, 2.24) is 4.72 Å². The van der Waals surface area contributed by atoms with Crippen LogP contribution in [0.15, 0.2) is 21.5 Å². The second kappa shape index (κ2) is 3.18. The van der Waals surface area contributed by atoms with E-state index in [0.29, 0.717) is 11.4 Å². The summed E-state index contributed by atoms with van der Waals surface area (Å²) >= 11 is 5.35. The fourth-order valence-corrected chi connectivity index (χ4v) is 5.06. The average molecular weight is 374 g/mol. The van der Waals surface area contributed by atoms with Gasteiger partial charge in [-0.1, -0.05) is 15.9 Å². The highest BCUT2D eigenvalue weighted by atomic mass is 127. The Hall–Kier alpha value is 0.340. The zero-order chi connectivity index (χ0) is 9.64. The predicted octanol–water partition coefficient (Wildman–Crippen LogP) is 1.85. The molecule has 1 aromatic rings. The van der Waals surface area contributed by atoms with Crippen molar-refractivity contribution in [2.45, 2.75) is 11.4 Å². The molecule has 0 aromatic heterocycles. The summed E-state index contributed by atoms with van der Waals surface area (Å²) in [4.78, 5) is 0.427. The van der Waals surface area contributed by atoms with E-state index >= 15 is 0 Å². The summed E-state index contributed by atoms with van der Waals surface area (Å²) in [6.45, 7) is 0.396. The Kier molecular flexibility index (Phi) is 2.42. The maximum Gasteiger partial charge on any atom is 0.242 e. The van der Waals surface area contributed by atoms with Gasteiger partial charge in [0.05, 0.1) is 4.90 Å². The average Bonchev–Trinajstić information content (AvgIpc) is 2.26. The maximum atomic E-state index is 11.5. The van der Waals surface area contributed by atoms with Gasteiger partial charge < -0.3 is 0 Å². The van der Waals surface area contributed by atoms with E-state index in [9.17, 15) is 8.42 Å². The van der Waals surface area contributed by atoms with Gasteiger partial charge >= 0.3 is 0 Å². The third-order valence-electron chi connectivity index (χ3n) is 1.81. The standard InChI is InChI=1S/C7H5BrINO2S/c8-5-1-4-3-10-13(11,12)7(4)6(9)2-5/h1-2,10H,3H2. The van der Waals surface area contributed by atoms with Crippen LogP contribution in [0, 0.1) is 3.57 Å². The molecule has 0 unspecified atom stereocenters. The van der Waals surface area contributed by atoms with Gasteiger partial charge in [-0.05, 0) is 40.3 Å². The largest absolute Gasteiger partial charge is 0.242 e. The Morgan fingerprint density at radius 1 is 1.46 bits per heavy atom. The minimum atomic E-state index is -3.23. The molecule has 0 saturated heterocycles. The molecular weight excluding hydrogens is 369 g/mol. The summed E-state index contributed by atoms with van der Waals surface area (Å²) < 4.78 is 27.1. The number of sulfonamides is 1. The van der Waals surface area contributed by atoms with Crippen LogP contribution in [0.3, 0.4) is 0 Å². The SMILES string of the molecule is O=S1(=O)NCc2cc(Br)cc(I)c21. The van der Waals surface area contributed by atoms with Crippen molar-refractivity contribution in [2.75, 3.05) is 0 Å². The van der Waals surface area contributed by atoms with E-state index in [1.807, 2.05) is 28.7 Å².